The fourth-order valence-corrected chi connectivity index (χ4v) is 5.97. The molecule has 0 unspecified atom stereocenters. The number of nitrogens with one attached hydrogen (secondary N) is 1. The molecule has 1 aromatic carbocycles. The van der Waals surface area contributed by atoms with Crippen molar-refractivity contribution in [1.29, 1.82) is 0 Å². The molecule has 1 N–H and O–H groups in total. The summed E-state index contributed by atoms with van der Waals surface area (Å²) >= 11 is 6.16. The van der Waals surface area contributed by atoms with Crippen molar-refractivity contribution >= 4 is 45.1 Å². The zero-order valence-electron chi connectivity index (χ0n) is 18.3. The minimum atomic E-state index is -3.71. The summed E-state index contributed by atoms with van der Waals surface area (Å²) in [5, 5.41) is 2.69. The predicted octanol–water partition coefficient (Wildman–Crippen LogP) is 2.40. The van der Waals surface area contributed by atoms with Crippen LogP contribution in [-0.2, 0) is 29.1 Å². The number of anilines is 1. The molecule has 2 aliphatic heterocycles. The van der Waals surface area contributed by atoms with Crippen LogP contribution in [0.5, 0.6) is 0 Å². The molecule has 3 fully saturated rings. The van der Waals surface area contributed by atoms with E-state index in [1.54, 1.807) is 4.90 Å². The molecule has 1 aromatic rings. The van der Waals surface area contributed by atoms with Crippen LogP contribution in [-0.4, -0.2) is 67.7 Å². The SMILES string of the molecule is O=C(COC(=O)[C@H]1CC(=O)N(C2CC2)C1)Nc1cc(S(=O)(=O)N2CCCCCC2)ccc1Cl. The average molecular weight is 498 g/mol. The Bertz CT molecular complexity index is 1030. The summed E-state index contributed by atoms with van der Waals surface area (Å²) in [6.45, 7) is 0.702. The van der Waals surface area contributed by atoms with Crippen molar-refractivity contribution in [1.82, 2.24) is 9.21 Å². The van der Waals surface area contributed by atoms with E-state index in [2.05, 4.69) is 5.32 Å². The van der Waals surface area contributed by atoms with Crippen molar-refractivity contribution in [2.24, 2.45) is 5.92 Å². The zero-order chi connectivity index (χ0) is 23.6. The summed E-state index contributed by atoms with van der Waals surface area (Å²) in [6, 6.07) is 4.40. The lowest BCUT2D eigenvalue weighted by molar-refractivity contribution is -0.151. The van der Waals surface area contributed by atoms with Gasteiger partial charge in [-0.05, 0) is 43.9 Å². The van der Waals surface area contributed by atoms with E-state index < -0.39 is 34.4 Å². The molecule has 2 heterocycles. The van der Waals surface area contributed by atoms with Crippen LogP contribution in [0, 0.1) is 5.92 Å². The van der Waals surface area contributed by atoms with Gasteiger partial charge in [-0.2, -0.15) is 4.31 Å². The molecule has 1 aliphatic carbocycles. The van der Waals surface area contributed by atoms with Crippen LogP contribution in [0.1, 0.15) is 44.9 Å². The van der Waals surface area contributed by atoms with E-state index in [1.807, 2.05) is 0 Å². The Labute approximate surface area is 198 Å². The molecule has 3 aliphatic rings. The lowest BCUT2D eigenvalue weighted by atomic mass is 10.1. The van der Waals surface area contributed by atoms with Crippen LogP contribution in [0.25, 0.3) is 0 Å². The second-order valence-electron chi connectivity index (χ2n) is 8.79. The summed E-state index contributed by atoms with van der Waals surface area (Å²) in [5.41, 5.74) is 0.129. The Morgan fingerprint density at radius 1 is 1.12 bits per heavy atom. The van der Waals surface area contributed by atoms with Gasteiger partial charge in [0.05, 0.1) is 21.5 Å². The van der Waals surface area contributed by atoms with Crippen LogP contribution in [0.4, 0.5) is 5.69 Å². The number of sulfonamides is 1. The fourth-order valence-electron chi connectivity index (χ4n) is 4.26. The topological polar surface area (TPSA) is 113 Å². The van der Waals surface area contributed by atoms with Gasteiger partial charge < -0.3 is 15.0 Å². The Hall–Kier alpha value is -2.17. The molecule has 1 saturated carbocycles. The summed E-state index contributed by atoms with van der Waals surface area (Å²) in [4.78, 5) is 38.4. The van der Waals surface area contributed by atoms with E-state index in [4.69, 9.17) is 16.3 Å². The van der Waals surface area contributed by atoms with Crippen molar-refractivity contribution in [2.75, 3.05) is 31.6 Å². The first kappa shape index (κ1) is 24.0. The highest BCUT2D eigenvalue weighted by Gasteiger charge is 2.42. The molecule has 9 nitrogen and oxygen atoms in total. The molecule has 11 heteroatoms. The first-order valence-electron chi connectivity index (χ1n) is 11.3. The van der Waals surface area contributed by atoms with Crippen molar-refractivity contribution in [3.05, 3.63) is 23.2 Å². The number of rotatable bonds is 7. The second kappa shape index (κ2) is 9.99. The smallest absolute Gasteiger partial charge is 0.311 e. The number of hydrogen-bond donors (Lipinski definition) is 1. The zero-order valence-corrected chi connectivity index (χ0v) is 19.9. The van der Waals surface area contributed by atoms with Gasteiger partial charge in [0.2, 0.25) is 15.9 Å². The van der Waals surface area contributed by atoms with Gasteiger partial charge in [0.25, 0.3) is 5.91 Å². The first-order chi connectivity index (χ1) is 15.8. The minimum Gasteiger partial charge on any atom is -0.455 e. The summed E-state index contributed by atoms with van der Waals surface area (Å²) in [6.07, 6.45) is 5.64. The first-order valence-corrected chi connectivity index (χ1v) is 13.1. The van der Waals surface area contributed by atoms with Crippen molar-refractivity contribution in [3.8, 4) is 0 Å². The Morgan fingerprint density at radius 2 is 1.82 bits per heavy atom. The number of ether oxygens (including phenoxy) is 1. The lowest BCUT2D eigenvalue weighted by Gasteiger charge is -2.20. The quantitative estimate of drug-likeness (QED) is 0.579. The second-order valence-corrected chi connectivity index (χ2v) is 11.1. The van der Waals surface area contributed by atoms with Gasteiger partial charge in [-0.15, -0.1) is 0 Å². The van der Waals surface area contributed by atoms with Crippen LogP contribution in [0.3, 0.4) is 0 Å². The van der Waals surface area contributed by atoms with E-state index in [0.717, 1.165) is 38.5 Å². The predicted molar refractivity (Wildman–Crippen MR) is 121 cm³/mol. The van der Waals surface area contributed by atoms with E-state index in [1.165, 1.54) is 22.5 Å². The Morgan fingerprint density at radius 3 is 2.48 bits per heavy atom. The molecule has 4 rings (SSSR count). The normalized spacial score (nSPS) is 22.2. The monoisotopic (exact) mass is 497 g/mol. The molecule has 2 amide bonds. The Balaban J connectivity index is 1.35. The number of carbonyl (C=O) groups excluding carboxylic acids is 3. The van der Waals surface area contributed by atoms with Crippen LogP contribution >= 0.6 is 11.6 Å². The number of halogens is 1. The number of nitrogens with zero attached hydrogens (tertiary/aromatic N) is 2. The van der Waals surface area contributed by atoms with Gasteiger partial charge in [0.1, 0.15) is 0 Å². The van der Waals surface area contributed by atoms with Crippen molar-refractivity contribution in [2.45, 2.75) is 55.9 Å². The number of likely N-dealkylation sites (tertiary alicyclic amines) is 1. The molecular formula is C22H28ClN3O6S. The molecule has 180 valence electrons. The third-order valence-electron chi connectivity index (χ3n) is 6.24. The summed E-state index contributed by atoms with van der Waals surface area (Å²) in [7, 11) is -3.71. The van der Waals surface area contributed by atoms with Crippen molar-refractivity contribution < 1.29 is 27.5 Å². The summed E-state index contributed by atoms with van der Waals surface area (Å²) < 4.78 is 32.6. The highest BCUT2D eigenvalue weighted by atomic mass is 35.5. The molecule has 0 radical (unpaired) electrons. The molecule has 0 spiro atoms. The maximum Gasteiger partial charge on any atom is 0.311 e. The van der Waals surface area contributed by atoms with Crippen molar-refractivity contribution in [3.63, 3.8) is 0 Å². The third kappa shape index (κ3) is 5.67. The summed E-state index contributed by atoms with van der Waals surface area (Å²) in [5.74, 6) is -1.86. The molecule has 33 heavy (non-hydrogen) atoms. The van der Waals surface area contributed by atoms with Crippen LogP contribution < -0.4 is 5.32 Å². The van der Waals surface area contributed by atoms with Gasteiger partial charge >= 0.3 is 5.97 Å². The number of amides is 2. The minimum absolute atomic E-state index is 0.0470. The maximum absolute atomic E-state index is 13.0. The Kier molecular flexibility index (Phi) is 7.25. The standard InChI is InChI=1S/C22H28ClN3O6S/c23-18-8-7-17(33(30,31)25-9-3-1-2-4-10-25)12-19(18)24-20(27)14-32-22(29)15-11-21(28)26(13-15)16-5-6-16/h7-8,12,15-16H,1-6,9-11,13-14H2,(H,24,27)/t15-/m0/s1. The molecular weight excluding hydrogens is 470 g/mol. The lowest BCUT2D eigenvalue weighted by Crippen LogP contribution is -2.32. The molecule has 0 aromatic heterocycles. The van der Waals surface area contributed by atoms with E-state index in [0.29, 0.717) is 19.6 Å². The van der Waals surface area contributed by atoms with Gasteiger partial charge in [0.15, 0.2) is 6.61 Å². The highest BCUT2D eigenvalue weighted by Crippen LogP contribution is 2.33. The van der Waals surface area contributed by atoms with E-state index >= 15 is 0 Å². The molecule has 1 atom stereocenters. The fraction of sp³-hybridized carbons (Fsp3) is 0.591. The van der Waals surface area contributed by atoms with Gasteiger partial charge in [-0.1, -0.05) is 24.4 Å². The molecule has 0 bridgehead atoms. The maximum atomic E-state index is 13.0. The van der Waals surface area contributed by atoms with E-state index in [-0.39, 0.29) is 34.0 Å². The van der Waals surface area contributed by atoms with Crippen LogP contribution in [0.2, 0.25) is 5.02 Å². The number of benzene rings is 1. The molecule has 2 saturated heterocycles. The largest absolute Gasteiger partial charge is 0.455 e. The van der Waals surface area contributed by atoms with Gasteiger partial charge in [-0.25, -0.2) is 8.42 Å². The van der Waals surface area contributed by atoms with Crippen LogP contribution in [0.15, 0.2) is 23.1 Å². The van der Waals surface area contributed by atoms with Gasteiger partial charge in [0, 0.05) is 32.1 Å². The number of carbonyl (C=O) groups is 3. The third-order valence-corrected chi connectivity index (χ3v) is 8.46. The van der Waals surface area contributed by atoms with E-state index in [9.17, 15) is 22.8 Å². The highest BCUT2D eigenvalue weighted by molar-refractivity contribution is 7.89. The average Bonchev–Trinajstić information content (AvgIpc) is 3.59. The number of esters is 1. The van der Waals surface area contributed by atoms with Gasteiger partial charge in [-0.3, -0.25) is 14.4 Å². The number of hydrogen-bond acceptors (Lipinski definition) is 6.